The minimum atomic E-state index is -0.432. The summed E-state index contributed by atoms with van der Waals surface area (Å²) in [6.45, 7) is 6.32. The largest absolute Gasteiger partial charge is 0.496 e. The lowest BCUT2D eigenvalue weighted by Gasteiger charge is -2.35. The van der Waals surface area contributed by atoms with Gasteiger partial charge in [-0.25, -0.2) is 4.79 Å². The van der Waals surface area contributed by atoms with Crippen LogP contribution in [0.3, 0.4) is 0 Å². The number of aromatic nitrogens is 2. The zero-order valence-electron chi connectivity index (χ0n) is 20.8. The Labute approximate surface area is 210 Å². The van der Waals surface area contributed by atoms with Crippen molar-refractivity contribution in [1.29, 1.82) is 0 Å². The molecule has 5 rings (SSSR count). The van der Waals surface area contributed by atoms with E-state index in [0.29, 0.717) is 18.3 Å². The van der Waals surface area contributed by atoms with E-state index >= 15 is 0 Å². The molecule has 36 heavy (non-hydrogen) atoms. The van der Waals surface area contributed by atoms with Gasteiger partial charge in [0, 0.05) is 16.8 Å². The molecular weight excluding hydrogens is 452 g/mol. The molecule has 2 heterocycles. The van der Waals surface area contributed by atoms with E-state index in [0.717, 1.165) is 44.8 Å². The third kappa shape index (κ3) is 4.47. The quantitative estimate of drug-likeness (QED) is 0.363. The number of urea groups is 1. The van der Waals surface area contributed by atoms with Crippen molar-refractivity contribution in [2.45, 2.75) is 33.4 Å². The van der Waals surface area contributed by atoms with Crippen molar-refractivity contribution in [2.75, 3.05) is 7.11 Å². The van der Waals surface area contributed by atoms with Crippen LogP contribution in [-0.4, -0.2) is 28.2 Å². The Hall–Kier alpha value is -4.39. The summed E-state index contributed by atoms with van der Waals surface area (Å²) in [6, 6.07) is 23.1. The third-order valence-corrected chi connectivity index (χ3v) is 6.49. The van der Waals surface area contributed by atoms with Gasteiger partial charge in [0.1, 0.15) is 5.75 Å². The van der Waals surface area contributed by atoms with Crippen molar-refractivity contribution < 1.29 is 14.1 Å². The number of aryl methyl sites for hydroxylation is 2. The third-order valence-electron chi connectivity index (χ3n) is 6.49. The molecule has 0 bridgehead atoms. The lowest BCUT2D eigenvalue weighted by atomic mass is 9.94. The Morgan fingerprint density at radius 1 is 0.944 bits per heavy atom. The van der Waals surface area contributed by atoms with Crippen LogP contribution in [0.4, 0.5) is 4.79 Å². The summed E-state index contributed by atoms with van der Waals surface area (Å²) in [5, 5.41) is 7.41. The number of rotatable bonds is 6. The summed E-state index contributed by atoms with van der Waals surface area (Å²) in [6.07, 6.45) is 0. The van der Waals surface area contributed by atoms with Gasteiger partial charge in [-0.3, -0.25) is 4.90 Å². The molecule has 1 aliphatic rings. The van der Waals surface area contributed by atoms with Crippen molar-refractivity contribution in [2.24, 2.45) is 0 Å². The van der Waals surface area contributed by atoms with E-state index in [1.807, 2.05) is 93.6 Å². The van der Waals surface area contributed by atoms with Crippen LogP contribution in [-0.2, 0) is 6.54 Å². The summed E-state index contributed by atoms with van der Waals surface area (Å²) in [7, 11) is 1.63. The molecule has 1 aliphatic heterocycles. The average molecular weight is 481 g/mol. The second kappa shape index (κ2) is 9.70. The summed E-state index contributed by atoms with van der Waals surface area (Å²) >= 11 is 0. The zero-order chi connectivity index (χ0) is 25.2. The highest BCUT2D eigenvalue weighted by Crippen LogP contribution is 2.38. The Bertz CT molecular complexity index is 1420. The fraction of sp³-hybridized carbons (Fsp3) is 0.207. The first-order chi connectivity index (χ1) is 17.4. The molecule has 0 spiro atoms. The first kappa shape index (κ1) is 23.4. The van der Waals surface area contributed by atoms with Crippen LogP contribution < -0.4 is 10.1 Å². The van der Waals surface area contributed by atoms with Crippen LogP contribution in [0.1, 0.15) is 41.1 Å². The van der Waals surface area contributed by atoms with Crippen molar-refractivity contribution >= 4 is 11.6 Å². The average Bonchev–Trinajstić information content (AvgIpc) is 3.37. The molecule has 1 atom stereocenters. The lowest BCUT2D eigenvalue weighted by molar-refractivity contribution is 0.202. The number of para-hydroxylation sites is 1. The summed E-state index contributed by atoms with van der Waals surface area (Å²) in [4.78, 5) is 19.8. The van der Waals surface area contributed by atoms with E-state index in [9.17, 15) is 4.79 Å². The Morgan fingerprint density at radius 3 is 2.31 bits per heavy atom. The smallest absolute Gasteiger partial charge is 0.322 e. The van der Waals surface area contributed by atoms with Crippen molar-refractivity contribution in [3.63, 3.8) is 0 Å². The van der Waals surface area contributed by atoms with Gasteiger partial charge < -0.3 is 14.6 Å². The maximum atomic E-state index is 13.4. The number of amides is 2. The standard InChI is InChI=1S/C29H28N4O3/c1-18-9-13-21(14-10-18)26-25(28-31-27(32-36-28)22-15-11-19(2)12-16-22)20(3)33(29(34)30-26)17-23-7-5-6-8-24(23)35-4/h5-16,26H,17H2,1-4H3,(H,30,34). The molecule has 0 radical (unpaired) electrons. The lowest BCUT2D eigenvalue weighted by Crippen LogP contribution is -2.45. The SMILES string of the molecule is COc1ccccc1CN1C(=O)NC(c2ccc(C)cc2)C(c2nc(-c3ccc(C)cc3)no2)=C1C. The highest BCUT2D eigenvalue weighted by molar-refractivity contribution is 5.87. The number of carbonyl (C=O) groups is 1. The molecule has 7 heteroatoms. The van der Waals surface area contributed by atoms with Crippen LogP contribution in [0.2, 0.25) is 0 Å². The predicted octanol–water partition coefficient (Wildman–Crippen LogP) is 6.06. The number of methoxy groups -OCH3 is 1. The van der Waals surface area contributed by atoms with Crippen LogP contribution in [0.5, 0.6) is 5.75 Å². The van der Waals surface area contributed by atoms with Gasteiger partial charge in [-0.2, -0.15) is 4.98 Å². The van der Waals surface area contributed by atoms with Gasteiger partial charge in [0.2, 0.25) is 5.82 Å². The fourth-order valence-corrected chi connectivity index (χ4v) is 4.41. The van der Waals surface area contributed by atoms with Crippen LogP contribution >= 0.6 is 0 Å². The zero-order valence-corrected chi connectivity index (χ0v) is 20.8. The van der Waals surface area contributed by atoms with Crippen molar-refractivity contribution in [1.82, 2.24) is 20.4 Å². The number of benzene rings is 3. The Kier molecular flexibility index (Phi) is 6.29. The second-order valence-corrected chi connectivity index (χ2v) is 8.98. The molecule has 1 N–H and O–H groups in total. The Morgan fingerprint density at radius 2 is 1.61 bits per heavy atom. The number of allylic oxidation sites excluding steroid dienone is 1. The first-order valence-electron chi connectivity index (χ1n) is 11.8. The van der Waals surface area contributed by atoms with Gasteiger partial charge in [-0.05, 0) is 32.4 Å². The van der Waals surface area contributed by atoms with Gasteiger partial charge in [0.15, 0.2) is 0 Å². The molecule has 1 unspecified atom stereocenters. The number of nitrogens with one attached hydrogen (secondary N) is 1. The number of hydrogen-bond acceptors (Lipinski definition) is 5. The normalized spacial score (nSPS) is 15.7. The monoisotopic (exact) mass is 480 g/mol. The summed E-state index contributed by atoms with van der Waals surface area (Å²) < 4.78 is 11.3. The minimum Gasteiger partial charge on any atom is -0.496 e. The van der Waals surface area contributed by atoms with Crippen LogP contribution in [0.15, 0.2) is 83.0 Å². The topological polar surface area (TPSA) is 80.5 Å². The van der Waals surface area contributed by atoms with E-state index in [4.69, 9.17) is 14.2 Å². The van der Waals surface area contributed by atoms with Gasteiger partial charge in [-0.1, -0.05) is 83.0 Å². The summed E-state index contributed by atoms with van der Waals surface area (Å²) in [5.74, 6) is 1.60. The molecule has 1 aromatic heterocycles. The molecule has 182 valence electrons. The molecule has 2 amide bonds. The van der Waals surface area contributed by atoms with Crippen LogP contribution in [0, 0.1) is 13.8 Å². The number of hydrogen-bond donors (Lipinski definition) is 1. The van der Waals surface area contributed by atoms with Gasteiger partial charge >= 0.3 is 6.03 Å². The molecule has 3 aromatic carbocycles. The van der Waals surface area contributed by atoms with E-state index in [1.165, 1.54) is 0 Å². The van der Waals surface area contributed by atoms with Gasteiger partial charge in [0.25, 0.3) is 5.89 Å². The first-order valence-corrected chi connectivity index (χ1v) is 11.8. The summed E-state index contributed by atoms with van der Waals surface area (Å²) in [5.41, 5.74) is 6.51. The number of carbonyl (C=O) groups excluding carboxylic acids is 1. The van der Waals surface area contributed by atoms with Crippen LogP contribution in [0.25, 0.3) is 17.0 Å². The van der Waals surface area contributed by atoms with Crippen molar-refractivity contribution in [3.05, 3.63) is 107 Å². The molecular formula is C29H28N4O3. The minimum absolute atomic E-state index is 0.203. The fourth-order valence-electron chi connectivity index (χ4n) is 4.41. The van der Waals surface area contributed by atoms with Gasteiger partial charge in [-0.15, -0.1) is 0 Å². The highest BCUT2D eigenvalue weighted by Gasteiger charge is 2.36. The van der Waals surface area contributed by atoms with E-state index in [1.54, 1.807) is 12.0 Å². The highest BCUT2D eigenvalue weighted by atomic mass is 16.5. The molecule has 0 saturated heterocycles. The van der Waals surface area contributed by atoms with E-state index in [-0.39, 0.29) is 6.03 Å². The second-order valence-electron chi connectivity index (χ2n) is 8.98. The molecule has 0 fully saturated rings. The van der Waals surface area contributed by atoms with E-state index in [2.05, 4.69) is 10.5 Å². The maximum absolute atomic E-state index is 13.4. The maximum Gasteiger partial charge on any atom is 0.322 e. The number of ether oxygens (including phenoxy) is 1. The Balaban J connectivity index is 1.60. The molecule has 0 saturated carbocycles. The van der Waals surface area contributed by atoms with Crippen molar-refractivity contribution in [3.8, 4) is 17.1 Å². The molecule has 7 nitrogen and oxygen atoms in total. The molecule has 0 aliphatic carbocycles. The number of nitrogens with zero attached hydrogens (tertiary/aromatic N) is 3. The predicted molar refractivity (Wildman–Crippen MR) is 138 cm³/mol. The van der Waals surface area contributed by atoms with Gasteiger partial charge in [0.05, 0.1) is 25.3 Å². The molecule has 4 aromatic rings. The van der Waals surface area contributed by atoms with E-state index < -0.39 is 6.04 Å².